The van der Waals surface area contributed by atoms with E-state index in [0.29, 0.717) is 19.1 Å². The van der Waals surface area contributed by atoms with Gasteiger partial charge in [0.2, 0.25) is 10.0 Å². The SMILES string of the molecule is CC(CNS(=O)(=O)c1cc(CN)n(C)c1)N(C)C1CC1. The Kier molecular flexibility index (Phi) is 4.53. The summed E-state index contributed by atoms with van der Waals surface area (Å²) in [4.78, 5) is 2.51. The standard InChI is InChI=1S/C13H24N4O2S/c1-10(17(3)11-4-5-11)8-15-20(18,19)13-6-12(7-14)16(2)9-13/h6,9-11,15H,4-5,7-8,14H2,1-3H3. The number of nitrogens with two attached hydrogens (primary N) is 1. The van der Waals surface area contributed by atoms with E-state index >= 15 is 0 Å². The van der Waals surface area contributed by atoms with E-state index in [1.54, 1.807) is 23.9 Å². The highest BCUT2D eigenvalue weighted by molar-refractivity contribution is 7.89. The van der Waals surface area contributed by atoms with Crippen molar-refractivity contribution in [3.63, 3.8) is 0 Å². The molecule has 1 saturated carbocycles. The first-order chi connectivity index (χ1) is 9.35. The fourth-order valence-corrected chi connectivity index (χ4v) is 3.44. The lowest BCUT2D eigenvalue weighted by molar-refractivity contribution is 0.248. The quantitative estimate of drug-likeness (QED) is 0.756. The molecular formula is C13H24N4O2S. The molecule has 20 heavy (non-hydrogen) atoms. The lowest BCUT2D eigenvalue weighted by Crippen LogP contribution is -2.41. The van der Waals surface area contributed by atoms with Crippen LogP contribution in [0.4, 0.5) is 0 Å². The molecule has 1 fully saturated rings. The van der Waals surface area contributed by atoms with Crippen molar-refractivity contribution in [2.45, 2.75) is 43.3 Å². The Hall–Kier alpha value is -0.890. The second-order valence-corrected chi connectivity index (χ2v) is 7.35. The van der Waals surface area contributed by atoms with Crippen LogP contribution in [0.15, 0.2) is 17.2 Å². The molecule has 6 nitrogen and oxygen atoms in total. The lowest BCUT2D eigenvalue weighted by atomic mass is 10.3. The third-order valence-electron chi connectivity index (χ3n) is 3.99. The van der Waals surface area contributed by atoms with Gasteiger partial charge in [0.25, 0.3) is 0 Å². The van der Waals surface area contributed by atoms with Crippen LogP contribution in [0.5, 0.6) is 0 Å². The zero-order valence-corrected chi connectivity index (χ0v) is 13.2. The molecule has 1 aliphatic carbocycles. The van der Waals surface area contributed by atoms with Crippen molar-refractivity contribution in [2.75, 3.05) is 13.6 Å². The molecule has 1 heterocycles. The van der Waals surface area contributed by atoms with E-state index in [1.807, 2.05) is 14.0 Å². The first-order valence-electron chi connectivity index (χ1n) is 6.92. The molecule has 1 aromatic heterocycles. The van der Waals surface area contributed by atoms with Gasteiger partial charge in [-0.05, 0) is 32.9 Å². The molecule has 1 aliphatic rings. The number of likely N-dealkylation sites (N-methyl/N-ethyl adjacent to an activating group) is 1. The maximum atomic E-state index is 12.2. The molecule has 7 heteroatoms. The van der Waals surface area contributed by atoms with Crippen molar-refractivity contribution in [1.29, 1.82) is 0 Å². The van der Waals surface area contributed by atoms with Crippen LogP contribution < -0.4 is 10.5 Å². The van der Waals surface area contributed by atoms with E-state index in [4.69, 9.17) is 5.73 Å². The number of nitrogens with one attached hydrogen (secondary N) is 1. The van der Waals surface area contributed by atoms with Crippen LogP contribution in [0.2, 0.25) is 0 Å². The molecule has 2 rings (SSSR count). The molecule has 0 bridgehead atoms. The molecular weight excluding hydrogens is 276 g/mol. The van der Waals surface area contributed by atoms with Gasteiger partial charge in [0, 0.05) is 44.1 Å². The highest BCUT2D eigenvalue weighted by atomic mass is 32.2. The van der Waals surface area contributed by atoms with E-state index in [9.17, 15) is 8.42 Å². The highest BCUT2D eigenvalue weighted by Gasteiger charge is 2.29. The van der Waals surface area contributed by atoms with Crippen LogP contribution in [0.3, 0.4) is 0 Å². The summed E-state index contributed by atoms with van der Waals surface area (Å²) in [6.45, 7) is 2.78. The van der Waals surface area contributed by atoms with Gasteiger partial charge in [0.05, 0.1) is 4.90 Å². The summed E-state index contributed by atoms with van der Waals surface area (Å²) in [6, 6.07) is 2.43. The summed E-state index contributed by atoms with van der Waals surface area (Å²) in [7, 11) is 0.385. The number of aromatic nitrogens is 1. The molecule has 1 aromatic rings. The summed E-state index contributed by atoms with van der Waals surface area (Å²) < 4.78 is 28.9. The second kappa shape index (κ2) is 5.85. The van der Waals surface area contributed by atoms with Crippen molar-refractivity contribution >= 4 is 10.0 Å². The minimum Gasteiger partial charge on any atom is -0.352 e. The van der Waals surface area contributed by atoms with E-state index in [1.165, 1.54) is 12.8 Å². The van der Waals surface area contributed by atoms with Gasteiger partial charge in [-0.1, -0.05) is 0 Å². The summed E-state index contributed by atoms with van der Waals surface area (Å²) >= 11 is 0. The van der Waals surface area contributed by atoms with Crippen molar-refractivity contribution < 1.29 is 8.42 Å². The van der Waals surface area contributed by atoms with Crippen LogP contribution in [0.1, 0.15) is 25.5 Å². The first kappa shape index (κ1) is 15.5. The van der Waals surface area contributed by atoms with Crippen LogP contribution in [-0.2, 0) is 23.6 Å². The molecule has 0 radical (unpaired) electrons. The fraction of sp³-hybridized carbons (Fsp3) is 0.692. The zero-order valence-electron chi connectivity index (χ0n) is 12.3. The molecule has 1 unspecified atom stereocenters. The molecule has 0 amide bonds. The largest absolute Gasteiger partial charge is 0.352 e. The van der Waals surface area contributed by atoms with Crippen LogP contribution in [0.25, 0.3) is 0 Å². The maximum absolute atomic E-state index is 12.2. The highest BCUT2D eigenvalue weighted by Crippen LogP contribution is 2.26. The normalized spacial score (nSPS) is 17.6. The first-order valence-corrected chi connectivity index (χ1v) is 8.40. The van der Waals surface area contributed by atoms with Gasteiger partial charge in [-0.2, -0.15) is 0 Å². The minimum atomic E-state index is -3.46. The summed E-state index contributed by atoms with van der Waals surface area (Å²) in [6.07, 6.45) is 4.03. The topological polar surface area (TPSA) is 80.4 Å². The van der Waals surface area contributed by atoms with Gasteiger partial charge >= 0.3 is 0 Å². The Morgan fingerprint density at radius 3 is 2.70 bits per heavy atom. The lowest BCUT2D eigenvalue weighted by Gasteiger charge is -2.24. The van der Waals surface area contributed by atoms with Gasteiger partial charge in [-0.15, -0.1) is 0 Å². The average molecular weight is 300 g/mol. The smallest absolute Gasteiger partial charge is 0.242 e. The molecule has 114 valence electrons. The van der Waals surface area contributed by atoms with E-state index < -0.39 is 10.0 Å². The molecule has 1 atom stereocenters. The van der Waals surface area contributed by atoms with E-state index in [2.05, 4.69) is 9.62 Å². The van der Waals surface area contributed by atoms with Crippen molar-refractivity contribution in [3.8, 4) is 0 Å². The Labute approximate surface area is 121 Å². The zero-order chi connectivity index (χ0) is 14.9. The molecule has 0 aliphatic heterocycles. The fourth-order valence-electron chi connectivity index (χ4n) is 2.23. The van der Waals surface area contributed by atoms with Gasteiger partial charge in [0.1, 0.15) is 0 Å². The van der Waals surface area contributed by atoms with E-state index in [-0.39, 0.29) is 10.9 Å². The third kappa shape index (κ3) is 3.41. The molecule has 0 saturated heterocycles. The maximum Gasteiger partial charge on any atom is 0.242 e. The Bertz CT molecular complexity index is 563. The number of hydrogen-bond donors (Lipinski definition) is 2. The molecule has 0 spiro atoms. The predicted molar refractivity (Wildman–Crippen MR) is 78.7 cm³/mol. The molecule has 0 aromatic carbocycles. The second-order valence-electron chi connectivity index (χ2n) is 5.58. The summed E-state index contributed by atoms with van der Waals surface area (Å²) in [5.74, 6) is 0. The van der Waals surface area contributed by atoms with Gasteiger partial charge in [-0.25, -0.2) is 13.1 Å². The Morgan fingerprint density at radius 1 is 1.55 bits per heavy atom. The summed E-state index contributed by atoms with van der Waals surface area (Å²) in [5.41, 5.74) is 6.37. The van der Waals surface area contributed by atoms with Gasteiger partial charge in [0.15, 0.2) is 0 Å². The van der Waals surface area contributed by atoms with Crippen LogP contribution in [-0.4, -0.2) is 43.6 Å². The van der Waals surface area contributed by atoms with Crippen LogP contribution >= 0.6 is 0 Å². The monoisotopic (exact) mass is 300 g/mol. The Balaban J connectivity index is 1.99. The number of rotatable bonds is 7. The molecule has 3 N–H and O–H groups in total. The van der Waals surface area contributed by atoms with E-state index in [0.717, 1.165) is 5.69 Å². The number of hydrogen-bond acceptors (Lipinski definition) is 4. The number of aryl methyl sites for hydroxylation is 1. The number of nitrogens with zero attached hydrogens (tertiary/aromatic N) is 2. The Morgan fingerprint density at radius 2 is 2.20 bits per heavy atom. The van der Waals surface area contributed by atoms with Crippen molar-refractivity contribution in [2.24, 2.45) is 12.8 Å². The minimum absolute atomic E-state index is 0.190. The number of sulfonamides is 1. The van der Waals surface area contributed by atoms with Gasteiger partial charge in [-0.3, -0.25) is 4.90 Å². The van der Waals surface area contributed by atoms with Crippen molar-refractivity contribution in [3.05, 3.63) is 18.0 Å². The average Bonchev–Trinajstić information content (AvgIpc) is 3.18. The summed E-state index contributed by atoms with van der Waals surface area (Å²) in [5, 5.41) is 0. The van der Waals surface area contributed by atoms with Gasteiger partial charge < -0.3 is 10.3 Å². The van der Waals surface area contributed by atoms with Crippen LogP contribution in [0, 0.1) is 0 Å². The van der Waals surface area contributed by atoms with Crippen molar-refractivity contribution in [1.82, 2.24) is 14.2 Å². The third-order valence-corrected chi connectivity index (χ3v) is 5.38. The predicted octanol–water partition coefficient (Wildman–Crippen LogP) is 0.245.